The first kappa shape index (κ1) is 18.0. The Balaban J connectivity index is 1.76. The summed E-state index contributed by atoms with van der Waals surface area (Å²) < 4.78 is 0. The Morgan fingerprint density at radius 3 is 2.07 bits per heavy atom. The summed E-state index contributed by atoms with van der Waals surface area (Å²) >= 11 is 0. The van der Waals surface area contributed by atoms with Crippen LogP contribution in [-0.2, 0) is 4.79 Å². The maximum absolute atomic E-state index is 13.5. The van der Waals surface area contributed by atoms with Crippen LogP contribution >= 0.6 is 0 Å². The van der Waals surface area contributed by atoms with Gasteiger partial charge in [-0.25, -0.2) is 0 Å². The van der Waals surface area contributed by atoms with Crippen molar-refractivity contribution in [1.29, 1.82) is 0 Å². The molecule has 0 fully saturated rings. The number of fused-ring (bicyclic) bond motifs is 1. The van der Waals surface area contributed by atoms with Crippen molar-refractivity contribution in [3.05, 3.63) is 93.6 Å². The van der Waals surface area contributed by atoms with E-state index >= 15 is 0 Å². The standard InChI is InChI=1S/C26H22O3/c1-26(2)13-16-12-19-23(25(29)18-11-7-6-10-17(18)24(19)28)22(21(16)20(27)14-26)15-8-4-3-5-9-15/h3-11,22H,12-14H2,1-2H3. The number of Topliss-reactive ketones (excluding diaryl/α,β-unsaturated/α-hetero) is 3. The van der Waals surface area contributed by atoms with Crippen molar-refractivity contribution in [2.24, 2.45) is 5.41 Å². The van der Waals surface area contributed by atoms with Crippen LogP contribution in [0.25, 0.3) is 0 Å². The van der Waals surface area contributed by atoms with E-state index < -0.39 is 5.92 Å². The maximum Gasteiger partial charge on any atom is 0.191 e. The van der Waals surface area contributed by atoms with Crippen molar-refractivity contribution in [3.8, 4) is 0 Å². The van der Waals surface area contributed by atoms with Crippen molar-refractivity contribution >= 4 is 17.3 Å². The van der Waals surface area contributed by atoms with Gasteiger partial charge < -0.3 is 0 Å². The van der Waals surface area contributed by atoms with Crippen LogP contribution in [0.2, 0.25) is 0 Å². The molecule has 3 aliphatic carbocycles. The van der Waals surface area contributed by atoms with E-state index in [1.165, 1.54) is 0 Å². The van der Waals surface area contributed by atoms with Gasteiger partial charge in [0.1, 0.15) is 0 Å². The molecule has 3 heteroatoms. The smallest absolute Gasteiger partial charge is 0.191 e. The molecule has 0 radical (unpaired) electrons. The molecular formula is C26H22O3. The van der Waals surface area contributed by atoms with Gasteiger partial charge in [-0.2, -0.15) is 0 Å². The second-order valence-corrected chi connectivity index (χ2v) is 9.07. The number of allylic oxidation sites excluding steroid dienone is 4. The molecule has 0 aromatic heterocycles. The van der Waals surface area contributed by atoms with Gasteiger partial charge in [-0.15, -0.1) is 0 Å². The molecule has 1 unspecified atom stereocenters. The molecule has 2 aromatic rings. The SMILES string of the molecule is CC1(C)CC(=O)C2=C(CC3=C(C(=O)c4ccccc4C3=O)C2c2ccccc2)C1. The molecule has 144 valence electrons. The lowest BCUT2D eigenvalue weighted by molar-refractivity contribution is -0.118. The minimum atomic E-state index is -0.455. The number of carbonyl (C=O) groups is 3. The van der Waals surface area contributed by atoms with E-state index in [4.69, 9.17) is 0 Å². The normalized spacial score (nSPS) is 23.0. The monoisotopic (exact) mass is 382 g/mol. The quantitative estimate of drug-likeness (QED) is 0.678. The van der Waals surface area contributed by atoms with Crippen LogP contribution in [0.3, 0.4) is 0 Å². The Bertz CT molecular complexity index is 1150. The Morgan fingerprint density at radius 1 is 0.759 bits per heavy atom. The zero-order chi connectivity index (χ0) is 20.3. The number of hydrogen-bond acceptors (Lipinski definition) is 3. The van der Waals surface area contributed by atoms with Gasteiger partial charge in [0.15, 0.2) is 17.3 Å². The first-order valence-electron chi connectivity index (χ1n) is 10.1. The molecule has 3 aliphatic rings. The number of carbonyl (C=O) groups excluding carboxylic acids is 3. The van der Waals surface area contributed by atoms with Crippen molar-refractivity contribution < 1.29 is 14.4 Å². The summed E-state index contributed by atoms with van der Waals surface area (Å²) in [6.45, 7) is 4.19. The number of ketones is 3. The highest BCUT2D eigenvalue weighted by Gasteiger charge is 2.46. The van der Waals surface area contributed by atoms with Crippen LogP contribution < -0.4 is 0 Å². The molecule has 0 saturated heterocycles. The van der Waals surface area contributed by atoms with E-state index in [-0.39, 0.29) is 22.8 Å². The van der Waals surface area contributed by atoms with E-state index in [1.807, 2.05) is 30.3 Å². The van der Waals surface area contributed by atoms with Crippen LogP contribution in [0.5, 0.6) is 0 Å². The molecular weight excluding hydrogens is 360 g/mol. The van der Waals surface area contributed by atoms with E-state index in [9.17, 15) is 14.4 Å². The maximum atomic E-state index is 13.5. The van der Waals surface area contributed by atoms with Crippen LogP contribution in [0.4, 0.5) is 0 Å². The molecule has 3 nitrogen and oxygen atoms in total. The van der Waals surface area contributed by atoms with Gasteiger partial charge in [-0.1, -0.05) is 74.0 Å². The minimum absolute atomic E-state index is 0.0708. The highest BCUT2D eigenvalue weighted by Crippen LogP contribution is 2.52. The van der Waals surface area contributed by atoms with Crippen LogP contribution in [-0.4, -0.2) is 17.3 Å². The van der Waals surface area contributed by atoms with Gasteiger partial charge in [-0.05, 0) is 23.8 Å². The molecule has 0 spiro atoms. The van der Waals surface area contributed by atoms with E-state index in [0.717, 1.165) is 23.1 Å². The molecule has 0 N–H and O–H groups in total. The van der Waals surface area contributed by atoms with Gasteiger partial charge in [-0.3, -0.25) is 14.4 Å². The van der Waals surface area contributed by atoms with E-state index in [0.29, 0.717) is 35.1 Å². The summed E-state index contributed by atoms with van der Waals surface area (Å²) in [4.78, 5) is 40.2. The van der Waals surface area contributed by atoms with E-state index in [1.54, 1.807) is 24.3 Å². The second kappa shape index (κ2) is 6.21. The highest BCUT2D eigenvalue weighted by molar-refractivity contribution is 6.28. The average Bonchev–Trinajstić information content (AvgIpc) is 2.70. The molecule has 0 aliphatic heterocycles. The minimum Gasteiger partial charge on any atom is -0.294 e. The molecule has 0 amide bonds. The van der Waals surface area contributed by atoms with Crippen molar-refractivity contribution in [3.63, 3.8) is 0 Å². The average molecular weight is 382 g/mol. The van der Waals surface area contributed by atoms with Crippen molar-refractivity contribution in [2.75, 3.05) is 0 Å². The summed E-state index contributed by atoms with van der Waals surface area (Å²) in [7, 11) is 0. The zero-order valence-electron chi connectivity index (χ0n) is 16.6. The summed E-state index contributed by atoms with van der Waals surface area (Å²) in [6.07, 6.45) is 1.65. The van der Waals surface area contributed by atoms with Gasteiger partial charge in [0, 0.05) is 40.2 Å². The van der Waals surface area contributed by atoms with Crippen LogP contribution in [0.1, 0.15) is 65.3 Å². The predicted molar refractivity (Wildman–Crippen MR) is 111 cm³/mol. The highest BCUT2D eigenvalue weighted by atomic mass is 16.1. The van der Waals surface area contributed by atoms with Gasteiger partial charge in [0.2, 0.25) is 0 Å². The van der Waals surface area contributed by atoms with Crippen molar-refractivity contribution in [1.82, 2.24) is 0 Å². The Labute approximate surface area is 170 Å². The summed E-state index contributed by atoms with van der Waals surface area (Å²) in [5, 5.41) is 0. The van der Waals surface area contributed by atoms with E-state index in [2.05, 4.69) is 13.8 Å². The third-order valence-corrected chi connectivity index (χ3v) is 6.37. The Kier molecular flexibility index (Phi) is 3.86. The topological polar surface area (TPSA) is 51.2 Å². The van der Waals surface area contributed by atoms with Gasteiger partial charge >= 0.3 is 0 Å². The fourth-order valence-electron chi connectivity index (χ4n) is 5.25. The first-order valence-corrected chi connectivity index (χ1v) is 10.1. The van der Waals surface area contributed by atoms with Crippen LogP contribution in [0.15, 0.2) is 76.9 Å². The summed E-state index contributed by atoms with van der Waals surface area (Å²) in [6, 6.07) is 16.7. The molecule has 29 heavy (non-hydrogen) atoms. The number of rotatable bonds is 1. The number of benzene rings is 2. The lowest BCUT2D eigenvalue weighted by Crippen LogP contribution is -2.36. The molecule has 0 bridgehead atoms. The lowest BCUT2D eigenvalue weighted by Gasteiger charge is -2.40. The van der Waals surface area contributed by atoms with Gasteiger partial charge in [0.05, 0.1) is 0 Å². The Hall–Kier alpha value is -3.07. The first-order chi connectivity index (χ1) is 13.9. The third kappa shape index (κ3) is 2.68. The fraction of sp³-hybridized carbons (Fsp3) is 0.269. The summed E-state index contributed by atoms with van der Waals surface area (Å²) in [5.41, 5.74) is 4.56. The predicted octanol–water partition coefficient (Wildman–Crippen LogP) is 5.24. The zero-order valence-corrected chi connectivity index (χ0v) is 16.6. The fourth-order valence-corrected chi connectivity index (χ4v) is 5.25. The number of hydrogen-bond donors (Lipinski definition) is 0. The van der Waals surface area contributed by atoms with Crippen molar-refractivity contribution in [2.45, 2.75) is 39.0 Å². The molecule has 0 saturated carbocycles. The second-order valence-electron chi connectivity index (χ2n) is 9.07. The largest absolute Gasteiger partial charge is 0.294 e. The molecule has 5 rings (SSSR count). The van der Waals surface area contributed by atoms with Crippen LogP contribution in [0, 0.1) is 5.41 Å². The summed E-state index contributed by atoms with van der Waals surface area (Å²) in [5.74, 6) is -0.536. The molecule has 2 aromatic carbocycles. The molecule has 1 atom stereocenters. The Morgan fingerprint density at radius 2 is 1.38 bits per heavy atom. The van der Waals surface area contributed by atoms with Gasteiger partial charge in [0.25, 0.3) is 0 Å². The molecule has 0 heterocycles. The lowest BCUT2D eigenvalue weighted by atomic mass is 9.61. The third-order valence-electron chi connectivity index (χ3n) is 6.37.